The van der Waals surface area contributed by atoms with Gasteiger partial charge < -0.3 is 19.3 Å². The Morgan fingerprint density at radius 3 is 2.59 bits per heavy atom. The molecule has 0 bridgehead atoms. The molecule has 0 aliphatic carbocycles. The lowest BCUT2D eigenvalue weighted by Gasteiger charge is -2.32. The minimum atomic E-state index is -0.136. The van der Waals surface area contributed by atoms with Gasteiger partial charge in [0.05, 0.1) is 11.1 Å². The number of phenols is 1. The third kappa shape index (κ3) is 3.90. The van der Waals surface area contributed by atoms with Crippen molar-refractivity contribution in [2.45, 2.75) is 20.0 Å². The van der Waals surface area contributed by atoms with Gasteiger partial charge in [-0.2, -0.15) is 0 Å². The summed E-state index contributed by atoms with van der Waals surface area (Å²) >= 11 is 0. The maximum Gasteiger partial charge on any atom is 0.231 e. The van der Waals surface area contributed by atoms with E-state index in [-0.39, 0.29) is 23.9 Å². The number of piperazine rings is 1. The maximum atomic E-state index is 13.1. The molecule has 1 N–H and O–H groups in total. The molecule has 0 unspecified atom stereocenters. The number of hydrogen-bond donors (Lipinski definition) is 1. The number of para-hydroxylation sites is 1. The van der Waals surface area contributed by atoms with Crippen LogP contribution in [-0.4, -0.2) is 58.5 Å². The van der Waals surface area contributed by atoms with Crippen LogP contribution in [0.15, 0.2) is 48.4 Å². The molecule has 0 saturated carbocycles. The summed E-state index contributed by atoms with van der Waals surface area (Å²) in [6.07, 6.45) is 3.88. The van der Waals surface area contributed by atoms with Crippen LogP contribution < -0.4 is 4.74 Å². The first kappa shape index (κ1) is 22.4. The molecule has 3 heterocycles. The summed E-state index contributed by atoms with van der Waals surface area (Å²) in [4.78, 5) is 17.7. The number of aromatic nitrogens is 1. The summed E-state index contributed by atoms with van der Waals surface area (Å²) in [6.45, 7) is 7.34. The predicted molar refractivity (Wildman–Crippen MR) is 129 cm³/mol. The molecular weight excluding hydrogens is 426 g/mol. The molecule has 1 aromatic heterocycles. The van der Waals surface area contributed by atoms with Crippen LogP contribution in [0.1, 0.15) is 28.4 Å². The number of rotatable bonds is 4. The molecule has 7 heteroatoms. The summed E-state index contributed by atoms with van der Waals surface area (Å²) < 4.78 is 8.26. The molecule has 168 valence electrons. The number of phenolic OH excluding ortho intramolecular Hbond substituents is 1. The summed E-state index contributed by atoms with van der Waals surface area (Å²) in [5.41, 5.74) is 3.30. The smallest absolute Gasteiger partial charge is 0.231 e. The molecule has 1 fully saturated rings. The highest BCUT2D eigenvalue weighted by molar-refractivity contribution is 6.15. The number of carbonyl (C=O) groups is 1. The number of carbonyl (C=O) groups excluding carboxylic acids is 1. The van der Waals surface area contributed by atoms with Crippen molar-refractivity contribution < 1.29 is 14.6 Å². The van der Waals surface area contributed by atoms with Gasteiger partial charge in [0, 0.05) is 61.9 Å². The zero-order valence-corrected chi connectivity index (χ0v) is 19.2. The van der Waals surface area contributed by atoms with Gasteiger partial charge in [0.1, 0.15) is 11.5 Å². The molecule has 5 rings (SSSR count). The van der Waals surface area contributed by atoms with Gasteiger partial charge in [-0.25, -0.2) is 0 Å². The summed E-state index contributed by atoms with van der Waals surface area (Å²) in [6, 6.07) is 11.4. The minimum absolute atomic E-state index is 0. The van der Waals surface area contributed by atoms with E-state index in [4.69, 9.17) is 4.74 Å². The molecule has 0 amide bonds. The van der Waals surface area contributed by atoms with Crippen molar-refractivity contribution >= 4 is 35.2 Å². The Bertz CT molecular complexity index is 1190. The number of fused-ring (bicyclic) bond motifs is 2. The van der Waals surface area contributed by atoms with Crippen molar-refractivity contribution in [2.24, 2.45) is 0 Å². The number of aromatic hydroxyl groups is 1. The number of hydrogen-bond acceptors (Lipinski definition) is 5. The van der Waals surface area contributed by atoms with Crippen LogP contribution in [0.5, 0.6) is 11.5 Å². The lowest BCUT2D eigenvalue weighted by Crippen LogP contribution is -2.43. The molecule has 2 aromatic carbocycles. The second-order valence-corrected chi connectivity index (χ2v) is 8.35. The first-order valence-electron chi connectivity index (χ1n) is 10.8. The summed E-state index contributed by atoms with van der Waals surface area (Å²) in [5, 5.41) is 11.6. The van der Waals surface area contributed by atoms with Gasteiger partial charge in [-0.1, -0.05) is 18.2 Å². The monoisotopic (exact) mass is 453 g/mol. The van der Waals surface area contributed by atoms with E-state index < -0.39 is 0 Å². The fourth-order valence-electron chi connectivity index (χ4n) is 4.47. The van der Waals surface area contributed by atoms with Crippen molar-refractivity contribution in [3.05, 3.63) is 65.0 Å². The number of ether oxygens (including phenoxy) is 1. The Balaban J connectivity index is 0.00000245. The topological polar surface area (TPSA) is 57.9 Å². The fraction of sp³-hybridized carbons (Fsp3) is 0.320. The highest BCUT2D eigenvalue weighted by atomic mass is 35.5. The molecule has 3 aromatic rings. The summed E-state index contributed by atoms with van der Waals surface area (Å²) in [7, 11) is 2.11. The second kappa shape index (κ2) is 8.98. The van der Waals surface area contributed by atoms with Crippen LogP contribution in [0.4, 0.5) is 0 Å². The van der Waals surface area contributed by atoms with Gasteiger partial charge in [0.2, 0.25) is 5.78 Å². The average Bonchev–Trinajstić information content (AvgIpc) is 3.30. The van der Waals surface area contributed by atoms with Crippen LogP contribution >= 0.6 is 12.4 Å². The van der Waals surface area contributed by atoms with Gasteiger partial charge in [0.15, 0.2) is 5.76 Å². The van der Waals surface area contributed by atoms with E-state index in [1.165, 1.54) is 0 Å². The van der Waals surface area contributed by atoms with Crippen LogP contribution in [-0.2, 0) is 13.1 Å². The predicted octanol–water partition coefficient (Wildman–Crippen LogP) is 4.15. The van der Waals surface area contributed by atoms with Gasteiger partial charge in [-0.3, -0.25) is 9.69 Å². The van der Waals surface area contributed by atoms with E-state index in [9.17, 15) is 9.90 Å². The van der Waals surface area contributed by atoms with Crippen LogP contribution in [0.3, 0.4) is 0 Å². The highest BCUT2D eigenvalue weighted by Crippen LogP contribution is 2.40. The molecule has 32 heavy (non-hydrogen) atoms. The largest absolute Gasteiger partial charge is 0.507 e. The molecule has 1 saturated heterocycles. The number of Topliss-reactive ketones (excluding diaryl/α,β-unsaturated/α-hetero) is 1. The molecule has 0 spiro atoms. The third-order valence-electron chi connectivity index (χ3n) is 6.34. The van der Waals surface area contributed by atoms with Crippen LogP contribution in [0.2, 0.25) is 0 Å². The lowest BCUT2D eigenvalue weighted by atomic mass is 10.0. The quantitative estimate of drug-likeness (QED) is 0.601. The number of nitrogens with zero attached hydrogens (tertiary/aromatic N) is 3. The molecule has 2 aliphatic rings. The number of ketones is 1. The number of halogens is 1. The van der Waals surface area contributed by atoms with Crippen molar-refractivity contribution in [1.82, 2.24) is 14.4 Å². The lowest BCUT2D eigenvalue weighted by molar-refractivity contribution is 0.101. The molecule has 2 aliphatic heterocycles. The number of benzene rings is 2. The van der Waals surface area contributed by atoms with E-state index in [0.29, 0.717) is 29.2 Å². The average molecular weight is 454 g/mol. The zero-order valence-electron chi connectivity index (χ0n) is 18.4. The van der Waals surface area contributed by atoms with E-state index in [1.54, 1.807) is 12.1 Å². The van der Waals surface area contributed by atoms with Crippen molar-refractivity contribution in [1.29, 1.82) is 0 Å². The SMILES string of the molecule is CCn1cc(/C=C2\Oc3c(ccc(O)c3CN3CCN(C)CC3)C2=O)c2ccccc21.Cl. The number of aryl methyl sites for hydroxylation is 1. The van der Waals surface area contributed by atoms with Gasteiger partial charge in [-0.05, 0) is 38.2 Å². The van der Waals surface area contributed by atoms with Crippen LogP contribution in [0.25, 0.3) is 17.0 Å². The Morgan fingerprint density at radius 1 is 1.09 bits per heavy atom. The second-order valence-electron chi connectivity index (χ2n) is 8.35. The molecule has 0 radical (unpaired) electrons. The van der Waals surface area contributed by atoms with Crippen molar-refractivity contribution in [3.8, 4) is 11.5 Å². The highest BCUT2D eigenvalue weighted by Gasteiger charge is 2.32. The van der Waals surface area contributed by atoms with Crippen molar-refractivity contribution in [2.75, 3.05) is 33.2 Å². The summed E-state index contributed by atoms with van der Waals surface area (Å²) in [5.74, 6) is 0.839. The number of allylic oxidation sites excluding steroid dienone is 1. The standard InChI is InChI=1S/C25H27N3O3.ClH/c1-3-28-15-17(18-6-4-5-7-21(18)28)14-23-24(30)19-8-9-22(29)20(25(19)31-23)16-27-12-10-26(2)11-13-27;/h4-9,14-15,29H,3,10-13,16H2,1-2H3;1H/b23-14-;. The first-order valence-corrected chi connectivity index (χ1v) is 10.8. The first-order chi connectivity index (χ1) is 15.0. The maximum absolute atomic E-state index is 13.1. The van der Waals surface area contributed by atoms with E-state index in [0.717, 1.165) is 49.2 Å². The van der Waals surface area contributed by atoms with Crippen molar-refractivity contribution in [3.63, 3.8) is 0 Å². The zero-order chi connectivity index (χ0) is 21.5. The minimum Gasteiger partial charge on any atom is -0.507 e. The van der Waals surface area contributed by atoms with Gasteiger partial charge >= 0.3 is 0 Å². The van der Waals surface area contributed by atoms with Gasteiger partial charge in [-0.15, -0.1) is 12.4 Å². The Hall–Kier alpha value is -2.80. The van der Waals surface area contributed by atoms with E-state index >= 15 is 0 Å². The Kier molecular flexibility index (Phi) is 6.29. The molecular formula is C25H28ClN3O3. The van der Waals surface area contributed by atoms with Crippen LogP contribution in [0, 0.1) is 0 Å². The Labute approximate surface area is 194 Å². The Morgan fingerprint density at radius 2 is 1.84 bits per heavy atom. The third-order valence-corrected chi connectivity index (χ3v) is 6.34. The normalized spacial score (nSPS) is 18.1. The van der Waals surface area contributed by atoms with Gasteiger partial charge in [0.25, 0.3) is 0 Å². The number of likely N-dealkylation sites (N-methyl/N-ethyl adjacent to an activating group) is 1. The van der Waals surface area contributed by atoms with E-state index in [2.05, 4.69) is 46.7 Å². The fourth-order valence-corrected chi connectivity index (χ4v) is 4.47. The molecule has 0 atom stereocenters. The molecule has 6 nitrogen and oxygen atoms in total. The van der Waals surface area contributed by atoms with E-state index in [1.807, 2.05) is 18.2 Å².